The molecule has 1 saturated heterocycles. The molecule has 116 valence electrons. The zero-order chi connectivity index (χ0) is 13.5. The Morgan fingerprint density at radius 3 is 3.05 bits per heavy atom. The van der Waals surface area contributed by atoms with Gasteiger partial charge in [0.1, 0.15) is 0 Å². The van der Waals surface area contributed by atoms with Crippen molar-refractivity contribution in [2.24, 2.45) is 4.99 Å². The van der Waals surface area contributed by atoms with Crippen LogP contribution in [-0.2, 0) is 0 Å². The highest BCUT2D eigenvalue weighted by atomic mass is 127. The summed E-state index contributed by atoms with van der Waals surface area (Å²) in [7, 11) is 1.90. The average Bonchev–Trinajstić information content (AvgIpc) is 2.97. The van der Waals surface area contributed by atoms with Crippen LogP contribution < -0.4 is 5.32 Å². The van der Waals surface area contributed by atoms with E-state index in [9.17, 15) is 0 Å². The Labute approximate surface area is 145 Å². The van der Waals surface area contributed by atoms with Crippen LogP contribution in [0.25, 0.3) is 0 Å². The van der Waals surface area contributed by atoms with E-state index in [0.29, 0.717) is 0 Å². The minimum absolute atomic E-state index is 0. The van der Waals surface area contributed by atoms with Crippen molar-refractivity contribution in [1.29, 1.82) is 0 Å². The van der Waals surface area contributed by atoms with Gasteiger partial charge in [-0.25, -0.2) is 0 Å². The van der Waals surface area contributed by atoms with Crippen LogP contribution in [0.4, 0.5) is 0 Å². The maximum absolute atomic E-state index is 4.45. The fourth-order valence-corrected chi connectivity index (χ4v) is 3.97. The second-order valence-electron chi connectivity index (χ2n) is 5.33. The fourth-order valence-electron chi connectivity index (χ4n) is 2.79. The molecule has 1 fully saturated rings. The van der Waals surface area contributed by atoms with Crippen LogP contribution in [0.1, 0.15) is 39.0 Å². The molecule has 1 atom stereocenters. The Kier molecular flexibility index (Phi) is 9.00. The van der Waals surface area contributed by atoms with Crippen molar-refractivity contribution in [2.45, 2.75) is 44.3 Å². The minimum atomic E-state index is 0. The fraction of sp³-hybridized carbons (Fsp3) is 0.800. The summed E-state index contributed by atoms with van der Waals surface area (Å²) < 4.78 is 0. The molecule has 1 aliphatic carbocycles. The van der Waals surface area contributed by atoms with Gasteiger partial charge in [0, 0.05) is 37.7 Å². The van der Waals surface area contributed by atoms with Gasteiger partial charge in [-0.2, -0.15) is 11.8 Å². The maximum Gasteiger partial charge on any atom is 0.193 e. The van der Waals surface area contributed by atoms with Gasteiger partial charge in [0.05, 0.1) is 0 Å². The van der Waals surface area contributed by atoms with Gasteiger partial charge in [-0.15, -0.1) is 24.0 Å². The van der Waals surface area contributed by atoms with Gasteiger partial charge in [0.15, 0.2) is 5.96 Å². The van der Waals surface area contributed by atoms with Gasteiger partial charge in [-0.1, -0.05) is 18.6 Å². The Hall–Kier alpha value is 0.0900. The van der Waals surface area contributed by atoms with Crippen LogP contribution in [0, 0.1) is 0 Å². The lowest BCUT2D eigenvalue weighted by molar-refractivity contribution is 0.408. The van der Waals surface area contributed by atoms with E-state index in [1.807, 2.05) is 7.05 Å². The van der Waals surface area contributed by atoms with Crippen molar-refractivity contribution < 1.29 is 0 Å². The van der Waals surface area contributed by atoms with Crippen LogP contribution in [-0.4, -0.2) is 48.5 Å². The Balaban J connectivity index is 0.00000200. The number of rotatable bonds is 4. The molecule has 2 rings (SSSR count). The molecule has 0 spiro atoms. The summed E-state index contributed by atoms with van der Waals surface area (Å²) in [5.41, 5.74) is 1.63. The van der Waals surface area contributed by atoms with Gasteiger partial charge in [-0.3, -0.25) is 4.99 Å². The second kappa shape index (κ2) is 9.92. The first-order chi connectivity index (χ1) is 9.33. The van der Waals surface area contributed by atoms with Crippen LogP contribution in [0.5, 0.6) is 0 Å². The predicted octanol–water partition coefficient (Wildman–Crippen LogP) is 3.51. The minimum Gasteiger partial charge on any atom is -0.356 e. The molecule has 3 nitrogen and oxygen atoms in total. The van der Waals surface area contributed by atoms with Crippen molar-refractivity contribution >= 4 is 41.7 Å². The molecule has 1 N–H and O–H groups in total. The molecular formula is C15H28IN3S. The predicted molar refractivity (Wildman–Crippen MR) is 101 cm³/mol. The smallest absolute Gasteiger partial charge is 0.193 e. The van der Waals surface area contributed by atoms with Crippen LogP contribution in [0.2, 0.25) is 0 Å². The monoisotopic (exact) mass is 409 g/mol. The summed E-state index contributed by atoms with van der Waals surface area (Å²) in [5.74, 6) is 2.32. The zero-order valence-electron chi connectivity index (χ0n) is 12.7. The Bertz CT molecular complexity index is 344. The number of nitrogens with zero attached hydrogens (tertiary/aromatic N) is 2. The third-order valence-electron chi connectivity index (χ3n) is 3.97. The van der Waals surface area contributed by atoms with Gasteiger partial charge in [0.25, 0.3) is 0 Å². The molecule has 0 amide bonds. The van der Waals surface area contributed by atoms with Crippen molar-refractivity contribution in [1.82, 2.24) is 10.2 Å². The number of guanidine groups is 1. The highest BCUT2D eigenvalue weighted by Crippen LogP contribution is 2.21. The third kappa shape index (κ3) is 5.47. The lowest BCUT2D eigenvalue weighted by Crippen LogP contribution is -2.48. The molecule has 0 aromatic heterocycles. The molecular weight excluding hydrogens is 381 g/mol. The molecule has 1 aliphatic heterocycles. The van der Waals surface area contributed by atoms with Crippen molar-refractivity contribution in [3.63, 3.8) is 0 Å². The molecule has 0 radical (unpaired) electrons. The lowest BCUT2D eigenvalue weighted by atomic mass is 10.2. The molecule has 0 saturated carbocycles. The van der Waals surface area contributed by atoms with Crippen molar-refractivity contribution in [3.8, 4) is 0 Å². The molecule has 20 heavy (non-hydrogen) atoms. The maximum atomic E-state index is 4.45. The lowest BCUT2D eigenvalue weighted by Gasteiger charge is -2.34. The number of aliphatic imine (C=N–C) groups is 1. The molecule has 2 aliphatic rings. The number of thioether (sulfide) groups is 1. The summed E-state index contributed by atoms with van der Waals surface area (Å²) in [6.45, 7) is 5.58. The quantitative estimate of drug-likeness (QED) is 0.333. The van der Waals surface area contributed by atoms with Crippen LogP contribution >= 0.6 is 35.7 Å². The van der Waals surface area contributed by atoms with E-state index >= 15 is 0 Å². The number of hydrogen-bond acceptors (Lipinski definition) is 2. The van der Waals surface area contributed by atoms with Crippen LogP contribution in [0.15, 0.2) is 16.6 Å². The van der Waals surface area contributed by atoms with Gasteiger partial charge < -0.3 is 10.2 Å². The summed E-state index contributed by atoms with van der Waals surface area (Å²) >= 11 is 2.11. The summed E-state index contributed by atoms with van der Waals surface area (Å²) in [6.07, 6.45) is 8.79. The second-order valence-corrected chi connectivity index (χ2v) is 6.73. The molecule has 0 aromatic carbocycles. The standard InChI is InChI=1S/C15H27N3S.HI/c1-3-14-12-18(10-11-19-14)15(16-2)17-9-8-13-6-4-5-7-13;/h6,14H,3-5,7-12H2,1-2H3,(H,16,17);1H. The van der Waals surface area contributed by atoms with Gasteiger partial charge in [-0.05, 0) is 32.1 Å². The van der Waals surface area contributed by atoms with E-state index in [1.165, 1.54) is 37.9 Å². The zero-order valence-corrected chi connectivity index (χ0v) is 15.9. The third-order valence-corrected chi connectivity index (χ3v) is 5.34. The Morgan fingerprint density at radius 2 is 2.40 bits per heavy atom. The normalized spacial score (nSPS) is 23.3. The first-order valence-electron chi connectivity index (χ1n) is 7.58. The van der Waals surface area contributed by atoms with Gasteiger partial charge >= 0.3 is 0 Å². The number of halogens is 1. The van der Waals surface area contributed by atoms with Crippen molar-refractivity contribution in [2.75, 3.05) is 32.4 Å². The molecule has 5 heteroatoms. The Morgan fingerprint density at radius 1 is 1.55 bits per heavy atom. The van der Waals surface area contributed by atoms with E-state index in [-0.39, 0.29) is 24.0 Å². The molecule has 1 heterocycles. The summed E-state index contributed by atoms with van der Waals surface area (Å²) in [5, 5.41) is 4.30. The summed E-state index contributed by atoms with van der Waals surface area (Å²) in [4.78, 5) is 6.87. The SMILES string of the molecule is CCC1CN(C(=NC)NCCC2=CCCC2)CCS1.I. The molecule has 1 unspecified atom stereocenters. The van der Waals surface area contributed by atoms with E-state index in [2.05, 4.69) is 40.0 Å². The number of nitrogens with one attached hydrogen (secondary N) is 1. The molecule has 0 aromatic rings. The first kappa shape index (κ1) is 18.1. The number of allylic oxidation sites excluding steroid dienone is 1. The van der Waals surface area contributed by atoms with Crippen molar-refractivity contribution in [3.05, 3.63) is 11.6 Å². The summed E-state index contributed by atoms with van der Waals surface area (Å²) in [6, 6.07) is 0. The topological polar surface area (TPSA) is 27.6 Å². The highest BCUT2D eigenvalue weighted by Gasteiger charge is 2.21. The highest BCUT2D eigenvalue weighted by molar-refractivity contribution is 14.0. The van der Waals surface area contributed by atoms with E-state index in [1.54, 1.807) is 5.57 Å². The van der Waals surface area contributed by atoms with E-state index in [4.69, 9.17) is 0 Å². The largest absolute Gasteiger partial charge is 0.356 e. The average molecular weight is 409 g/mol. The first-order valence-corrected chi connectivity index (χ1v) is 8.63. The van der Waals surface area contributed by atoms with Gasteiger partial charge in [0.2, 0.25) is 0 Å². The van der Waals surface area contributed by atoms with Crippen LogP contribution in [0.3, 0.4) is 0 Å². The number of hydrogen-bond donors (Lipinski definition) is 1. The molecule has 0 bridgehead atoms. The van der Waals surface area contributed by atoms with E-state index in [0.717, 1.165) is 30.8 Å². The van der Waals surface area contributed by atoms with E-state index < -0.39 is 0 Å².